The number of thiophene rings is 1. The average Bonchev–Trinajstić information content (AvgIpc) is 3.27. The number of amides is 1. The van der Waals surface area contributed by atoms with Crippen molar-refractivity contribution in [3.63, 3.8) is 0 Å². The van der Waals surface area contributed by atoms with Gasteiger partial charge in [0.1, 0.15) is 5.84 Å². The Kier molecular flexibility index (Phi) is 4.09. The van der Waals surface area contributed by atoms with Crippen LogP contribution in [0.1, 0.15) is 22.9 Å². The highest BCUT2D eigenvalue weighted by Gasteiger charge is 2.34. The lowest BCUT2D eigenvalue weighted by molar-refractivity contribution is 0.267. The van der Waals surface area contributed by atoms with Gasteiger partial charge < -0.3 is 0 Å². The molecule has 2 aliphatic rings. The SMILES string of the molecule is O=C1N=C(N2N=C(c3ccc(Br)cc3)CC2c2cccs2)CS1. The van der Waals surface area contributed by atoms with Gasteiger partial charge in [0.25, 0.3) is 0 Å². The van der Waals surface area contributed by atoms with Gasteiger partial charge in [-0.1, -0.05) is 45.9 Å². The van der Waals surface area contributed by atoms with Crippen LogP contribution in [0.3, 0.4) is 0 Å². The number of amidine groups is 1. The quantitative estimate of drug-likeness (QED) is 0.711. The Morgan fingerprint density at radius 1 is 1.22 bits per heavy atom. The minimum absolute atomic E-state index is 0.124. The van der Waals surface area contributed by atoms with Gasteiger partial charge >= 0.3 is 5.24 Å². The molecule has 1 atom stereocenters. The van der Waals surface area contributed by atoms with Crippen molar-refractivity contribution in [1.29, 1.82) is 0 Å². The normalized spacial score (nSPS) is 20.8. The predicted molar refractivity (Wildman–Crippen MR) is 99.5 cm³/mol. The molecular formula is C16H12BrN3OS2. The van der Waals surface area contributed by atoms with E-state index in [1.54, 1.807) is 11.3 Å². The number of thioether (sulfide) groups is 1. The van der Waals surface area contributed by atoms with Crippen LogP contribution in [0.4, 0.5) is 4.79 Å². The van der Waals surface area contributed by atoms with Gasteiger partial charge in [0.05, 0.1) is 17.5 Å². The van der Waals surface area contributed by atoms with E-state index in [9.17, 15) is 4.79 Å². The first-order valence-electron chi connectivity index (χ1n) is 7.11. The van der Waals surface area contributed by atoms with E-state index in [1.807, 2.05) is 23.2 Å². The maximum absolute atomic E-state index is 11.5. The van der Waals surface area contributed by atoms with Gasteiger partial charge in [-0.15, -0.1) is 11.3 Å². The van der Waals surface area contributed by atoms with Crippen molar-refractivity contribution < 1.29 is 4.79 Å². The fraction of sp³-hybridized carbons (Fsp3) is 0.188. The third kappa shape index (κ3) is 3.00. The topological polar surface area (TPSA) is 45.0 Å². The Hall–Kier alpha value is -1.44. The molecule has 116 valence electrons. The summed E-state index contributed by atoms with van der Waals surface area (Å²) in [6, 6.07) is 12.5. The predicted octanol–water partition coefficient (Wildman–Crippen LogP) is 4.93. The van der Waals surface area contributed by atoms with Crippen LogP contribution in [0, 0.1) is 0 Å². The molecule has 0 saturated heterocycles. The lowest BCUT2D eigenvalue weighted by atomic mass is 10.0. The van der Waals surface area contributed by atoms with Crippen LogP contribution in [0.2, 0.25) is 0 Å². The van der Waals surface area contributed by atoms with E-state index in [-0.39, 0.29) is 11.3 Å². The first kappa shape index (κ1) is 15.1. The number of halogens is 1. The largest absolute Gasteiger partial charge is 0.307 e. The molecule has 0 aliphatic carbocycles. The molecular weight excluding hydrogens is 394 g/mol. The Morgan fingerprint density at radius 3 is 2.70 bits per heavy atom. The molecule has 2 aromatic rings. The van der Waals surface area contributed by atoms with Crippen LogP contribution < -0.4 is 0 Å². The summed E-state index contributed by atoms with van der Waals surface area (Å²) in [6.45, 7) is 0. The van der Waals surface area contributed by atoms with E-state index in [0.29, 0.717) is 5.75 Å². The Labute approximate surface area is 150 Å². The summed E-state index contributed by atoms with van der Waals surface area (Å²) < 4.78 is 1.05. The lowest BCUT2D eigenvalue weighted by Gasteiger charge is -2.21. The lowest BCUT2D eigenvalue weighted by Crippen LogP contribution is -2.26. The van der Waals surface area contributed by atoms with Crippen molar-refractivity contribution in [3.8, 4) is 0 Å². The van der Waals surface area contributed by atoms with Crippen molar-refractivity contribution in [2.75, 3.05) is 5.75 Å². The van der Waals surface area contributed by atoms with Crippen LogP contribution in [0.25, 0.3) is 0 Å². The molecule has 7 heteroatoms. The second-order valence-corrected chi connectivity index (χ2v) is 8.04. The maximum atomic E-state index is 11.5. The van der Waals surface area contributed by atoms with E-state index < -0.39 is 0 Å². The Bertz CT molecular complexity index is 799. The molecule has 0 radical (unpaired) electrons. The zero-order valence-electron chi connectivity index (χ0n) is 12.0. The first-order chi connectivity index (χ1) is 11.2. The van der Waals surface area contributed by atoms with Gasteiger partial charge in [-0.3, -0.25) is 4.79 Å². The summed E-state index contributed by atoms with van der Waals surface area (Å²) in [5, 5.41) is 8.66. The van der Waals surface area contributed by atoms with Crippen molar-refractivity contribution in [2.45, 2.75) is 12.5 Å². The van der Waals surface area contributed by atoms with Crippen LogP contribution in [-0.2, 0) is 0 Å². The molecule has 0 saturated carbocycles. The fourth-order valence-electron chi connectivity index (χ4n) is 2.68. The number of nitrogens with zero attached hydrogens (tertiary/aromatic N) is 3. The first-order valence-corrected chi connectivity index (χ1v) is 9.77. The van der Waals surface area contributed by atoms with Gasteiger partial charge in [-0.05, 0) is 29.1 Å². The van der Waals surface area contributed by atoms with Crippen molar-refractivity contribution >= 4 is 55.8 Å². The molecule has 0 N–H and O–H groups in total. The molecule has 23 heavy (non-hydrogen) atoms. The van der Waals surface area contributed by atoms with Gasteiger partial charge in [0, 0.05) is 15.8 Å². The highest BCUT2D eigenvalue weighted by Crippen LogP contribution is 2.37. The molecule has 1 amide bonds. The number of carbonyl (C=O) groups excluding carboxylic acids is 1. The molecule has 0 fully saturated rings. The number of aliphatic imine (C=N–C) groups is 1. The van der Waals surface area contributed by atoms with E-state index in [4.69, 9.17) is 5.10 Å². The Balaban J connectivity index is 1.70. The van der Waals surface area contributed by atoms with Gasteiger partial charge in [0.15, 0.2) is 0 Å². The van der Waals surface area contributed by atoms with Gasteiger partial charge in [-0.2, -0.15) is 10.1 Å². The van der Waals surface area contributed by atoms with Crippen molar-refractivity contribution in [3.05, 3.63) is 56.7 Å². The van der Waals surface area contributed by atoms with Crippen LogP contribution in [-0.4, -0.2) is 27.5 Å². The van der Waals surface area contributed by atoms with Crippen molar-refractivity contribution in [2.24, 2.45) is 10.1 Å². The fourth-order valence-corrected chi connectivity index (χ4v) is 4.38. The molecule has 4 rings (SSSR count). The summed E-state index contributed by atoms with van der Waals surface area (Å²) in [6.07, 6.45) is 0.819. The van der Waals surface area contributed by atoms with E-state index in [0.717, 1.165) is 28.0 Å². The highest BCUT2D eigenvalue weighted by atomic mass is 79.9. The number of carbonyl (C=O) groups is 1. The minimum atomic E-state index is -0.128. The van der Waals surface area contributed by atoms with E-state index in [2.05, 4.69) is 44.5 Å². The van der Waals surface area contributed by atoms with Crippen molar-refractivity contribution in [1.82, 2.24) is 5.01 Å². The summed E-state index contributed by atoms with van der Waals surface area (Å²) in [7, 11) is 0. The molecule has 4 nitrogen and oxygen atoms in total. The second-order valence-electron chi connectivity index (χ2n) is 5.22. The van der Waals surface area contributed by atoms with Gasteiger partial charge in [-0.25, -0.2) is 5.01 Å². The summed E-state index contributed by atoms with van der Waals surface area (Å²) in [4.78, 5) is 16.9. The Morgan fingerprint density at radius 2 is 2.04 bits per heavy atom. The molecule has 0 bridgehead atoms. The van der Waals surface area contributed by atoms with Gasteiger partial charge in [0.2, 0.25) is 0 Å². The molecule has 3 heterocycles. The number of hydrazone groups is 1. The number of hydrogen-bond acceptors (Lipinski definition) is 5. The monoisotopic (exact) mass is 405 g/mol. The zero-order chi connectivity index (χ0) is 15.8. The minimum Gasteiger partial charge on any atom is -0.259 e. The zero-order valence-corrected chi connectivity index (χ0v) is 15.2. The van der Waals surface area contributed by atoms with Crippen LogP contribution >= 0.6 is 39.0 Å². The summed E-state index contributed by atoms with van der Waals surface area (Å²) >= 11 is 6.41. The standard InChI is InChI=1S/C16H12BrN3OS2/c17-11-5-3-10(4-6-11)12-8-13(14-2-1-7-22-14)20(19-12)15-9-23-16(21)18-15/h1-7,13H,8-9H2. The number of benzene rings is 1. The van der Waals surface area contributed by atoms with E-state index in [1.165, 1.54) is 16.6 Å². The number of rotatable bonds is 2. The molecule has 1 unspecified atom stereocenters. The second kappa shape index (κ2) is 6.22. The molecule has 2 aliphatic heterocycles. The maximum Gasteiger partial charge on any atom is 0.307 e. The summed E-state index contributed by atoms with van der Waals surface area (Å²) in [5.74, 6) is 1.35. The number of hydrogen-bond donors (Lipinski definition) is 0. The van der Waals surface area contributed by atoms with Crippen LogP contribution in [0.5, 0.6) is 0 Å². The average molecular weight is 406 g/mol. The molecule has 1 aromatic heterocycles. The molecule has 0 spiro atoms. The third-order valence-corrected chi connectivity index (χ3v) is 6.01. The summed E-state index contributed by atoms with van der Waals surface area (Å²) in [5.41, 5.74) is 2.14. The van der Waals surface area contributed by atoms with Crippen LogP contribution in [0.15, 0.2) is 56.3 Å². The highest BCUT2D eigenvalue weighted by molar-refractivity contribution is 9.10. The third-order valence-electron chi connectivity index (χ3n) is 3.77. The molecule has 1 aromatic carbocycles. The van der Waals surface area contributed by atoms with E-state index >= 15 is 0 Å². The smallest absolute Gasteiger partial charge is 0.259 e.